The van der Waals surface area contributed by atoms with Crippen molar-refractivity contribution in [3.63, 3.8) is 0 Å². The zero-order valence-corrected chi connectivity index (χ0v) is 13.6. The number of nitrogens with zero attached hydrogens (tertiary/aromatic N) is 1. The minimum atomic E-state index is -0.0787. The average Bonchev–Trinajstić information content (AvgIpc) is 3.27. The Morgan fingerprint density at radius 1 is 1.17 bits per heavy atom. The second-order valence-electron chi connectivity index (χ2n) is 5.07. The van der Waals surface area contributed by atoms with Crippen LogP contribution in [0.15, 0.2) is 63.9 Å². The van der Waals surface area contributed by atoms with Gasteiger partial charge in [0.1, 0.15) is 11.5 Å². The van der Waals surface area contributed by atoms with Crippen molar-refractivity contribution < 1.29 is 13.9 Å². The molecule has 0 N–H and O–H groups in total. The third kappa shape index (κ3) is 3.63. The van der Waals surface area contributed by atoms with E-state index in [1.54, 1.807) is 41.7 Å². The van der Waals surface area contributed by atoms with E-state index in [9.17, 15) is 4.79 Å². The first-order chi connectivity index (χ1) is 11.3. The van der Waals surface area contributed by atoms with Crippen LogP contribution in [0.3, 0.4) is 0 Å². The molecule has 2 aromatic heterocycles. The SMILES string of the molecule is COc1ccccc1C(=O)N(Cc1ccsc1)Cc1ccco1. The largest absolute Gasteiger partial charge is 0.496 e. The van der Waals surface area contributed by atoms with Gasteiger partial charge in [-0.1, -0.05) is 12.1 Å². The fraction of sp³-hybridized carbons (Fsp3) is 0.167. The topological polar surface area (TPSA) is 42.7 Å². The number of carbonyl (C=O) groups excluding carboxylic acids is 1. The molecule has 0 bridgehead atoms. The van der Waals surface area contributed by atoms with Gasteiger partial charge in [0.25, 0.3) is 5.91 Å². The van der Waals surface area contributed by atoms with Gasteiger partial charge in [0.15, 0.2) is 0 Å². The Morgan fingerprint density at radius 2 is 2.04 bits per heavy atom. The summed E-state index contributed by atoms with van der Waals surface area (Å²) in [6, 6.07) is 13.0. The number of thiophene rings is 1. The van der Waals surface area contributed by atoms with Gasteiger partial charge in [0, 0.05) is 6.54 Å². The van der Waals surface area contributed by atoms with Crippen molar-refractivity contribution in [2.75, 3.05) is 7.11 Å². The Bertz CT molecular complexity index is 714. The number of hydrogen-bond acceptors (Lipinski definition) is 4. The number of hydrogen-bond donors (Lipinski definition) is 0. The summed E-state index contributed by atoms with van der Waals surface area (Å²) in [4.78, 5) is 14.7. The van der Waals surface area contributed by atoms with E-state index in [1.807, 2.05) is 41.1 Å². The molecule has 0 aliphatic heterocycles. The van der Waals surface area contributed by atoms with Gasteiger partial charge in [-0.15, -0.1) is 0 Å². The van der Waals surface area contributed by atoms with Crippen LogP contribution in [0.5, 0.6) is 5.75 Å². The number of benzene rings is 1. The molecule has 0 saturated heterocycles. The van der Waals surface area contributed by atoms with E-state index in [-0.39, 0.29) is 5.91 Å². The van der Waals surface area contributed by atoms with E-state index < -0.39 is 0 Å². The standard InChI is InChI=1S/C18H17NO3S/c1-21-17-7-3-2-6-16(17)18(20)19(11-14-8-10-23-13-14)12-15-5-4-9-22-15/h2-10,13H,11-12H2,1H3. The number of methoxy groups -OCH3 is 1. The molecule has 3 aromatic rings. The normalized spacial score (nSPS) is 10.5. The maximum atomic E-state index is 13.0. The van der Waals surface area contributed by atoms with Crippen LogP contribution in [0.1, 0.15) is 21.7 Å². The van der Waals surface area contributed by atoms with Crippen molar-refractivity contribution in [1.29, 1.82) is 0 Å². The van der Waals surface area contributed by atoms with Crippen molar-refractivity contribution >= 4 is 17.2 Å². The van der Waals surface area contributed by atoms with Crippen molar-refractivity contribution in [1.82, 2.24) is 4.90 Å². The van der Waals surface area contributed by atoms with E-state index in [0.717, 1.165) is 11.3 Å². The summed E-state index contributed by atoms with van der Waals surface area (Å²) in [5.41, 5.74) is 1.65. The molecule has 3 rings (SSSR count). The van der Waals surface area contributed by atoms with Crippen molar-refractivity contribution in [3.8, 4) is 5.75 Å². The monoisotopic (exact) mass is 327 g/mol. The molecule has 0 saturated carbocycles. The highest BCUT2D eigenvalue weighted by Gasteiger charge is 2.21. The maximum Gasteiger partial charge on any atom is 0.258 e. The molecular weight excluding hydrogens is 310 g/mol. The Kier molecular flexibility index (Phi) is 4.78. The minimum Gasteiger partial charge on any atom is -0.496 e. The third-order valence-corrected chi connectivity index (χ3v) is 4.24. The van der Waals surface area contributed by atoms with Crippen LogP contribution in [0.2, 0.25) is 0 Å². The van der Waals surface area contributed by atoms with Crippen molar-refractivity contribution in [2.45, 2.75) is 13.1 Å². The molecule has 0 unspecified atom stereocenters. The Hall–Kier alpha value is -2.53. The molecule has 118 valence electrons. The van der Waals surface area contributed by atoms with E-state index in [1.165, 1.54) is 0 Å². The highest BCUT2D eigenvalue weighted by atomic mass is 32.1. The zero-order chi connectivity index (χ0) is 16.1. The molecule has 5 heteroatoms. The van der Waals surface area contributed by atoms with Crippen LogP contribution in [-0.4, -0.2) is 17.9 Å². The molecule has 2 heterocycles. The first kappa shape index (κ1) is 15.4. The first-order valence-electron chi connectivity index (χ1n) is 7.23. The van der Waals surface area contributed by atoms with Crippen LogP contribution in [0, 0.1) is 0 Å². The highest BCUT2D eigenvalue weighted by molar-refractivity contribution is 7.07. The summed E-state index contributed by atoms with van der Waals surface area (Å²) in [6.45, 7) is 0.945. The highest BCUT2D eigenvalue weighted by Crippen LogP contribution is 2.22. The quantitative estimate of drug-likeness (QED) is 0.682. The van der Waals surface area contributed by atoms with Crippen LogP contribution in [-0.2, 0) is 13.1 Å². The predicted molar refractivity (Wildman–Crippen MR) is 89.6 cm³/mol. The van der Waals surface area contributed by atoms with E-state index in [2.05, 4.69) is 0 Å². The molecular formula is C18H17NO3S. The van der Waals surface area contributed by atoms with Crippen LogP contribution >= 0.6 is 11.3 Å². The fourth-order valence-corrected chi connectivity index (χ4v) is 3.04. The lowest BCUT2D eigenvalue weighted by Gasteiger charge is -2.22. The number of furan rings is 1. The second kappa shape index (κ2) is 7.15. The van der Waals surface area contributed by atoms with Crippen molar-refractivity contribution in [3.05, 3.63) is 76.4 Å². The summed E-state index contributed by atoms with van der Waals surface area (Å²) in [6.07, 6.45) is 1.62. The lowest BCUT2D eigenvalue weighted by Crippen LogP contribution is -2.30. The molecule has 1 amide bonds. The summed E-state index contributed by atoms with van der Waals surface area (Å²) in [7, 11) is 1.57. The van der Waals surface area contributed by atoms with Crippen LogP contribution in [0.25, 0.3) is 0 Å². The summed E-state index contributed by atoms with van der Waals surface area (Å²) >= 11 is 1.62. The van der Waals surface area contributed by atoms with Gasteiger partial charge in [-0.25, -0.2) is 0 Å². The fourth-order valence-electron chi connectivity index (χ4n) is 2.38. The van der Waals surface area contributed by atoms with Gasteiger partial charge in [-0.05, 0) is 46.7 Å². The van der Waals surface area contributed by atoms with Crippen LogP contribution in [0.4, 0.5) is 0 Å². The third-order valence-electron chi connectivity index (χ3n) is 3.50. The van der Waals surface area contributed by atoms with Crippen LogP contribution < -0.4 is 4.74 Å². The number of ether oxygens (including phenoxy) is 1. The zero-order valence-electron chi connectivity index (χ0n) is 12.8. The number of para-hydroxylation sites is 1. The lowest BCUT2D eigenvalue weighted by molar-refractivity contribution is 0.0714. The molecule has 4 nitrogen and oxygen atoms in total. The van der Waals surface area contributed by atoms with E-state index in [0.29, 0.717) is 24.4 Å². The molecule has 0 aliphatic carbocycles. The first-order valence-corrected chi connectivity index (χ1v) is 8.18. The number of carbonyl (C=O) groups is 1. The summed E-state index contributed by atoms with van der Waals surface area (Å²) < 4.78 is 10.7. The summed E-state index contributed by atoms with van der Waals surface area (Å²) in [5.74, 6) is 1.25. The van der Waals surface area contributed by atoms with Gasteiger partial charge in [0.2, 0.25) is 0 Å². The Morgan fingerprint density at radius 3 is 2.74 bits per heavy atom. The van der Waals surface area contributed by atoms with Gasteiger partial charge in [-0.2, -0.15) is 11.3 Å². The summed E-state index contributed by atoms with van der Waals surface area (Å²) in [5, 5.41) is 4.05. The minimum absolute atomic E-state index is 0.0787. The molecule has 0 fully saturated rings. The van der Waals surface area contributed by atoms with Crippen molar-refractivity contribution in [2.24, 2.45) is 0 Å². The smallest absolute Gasteiger partial charge is 0.258 e. The molecule has 0 aliphatic rings. The average molecular weight is 327 g/mol. The Labute approximate surface area is 138 Å². The second-order valence-corrected chi connectivity index (χ2v) is 5.85. The van der Waals surface area contributed by atoms with Gasteiger partial charge >= 0.3 is 0 Å². The molecule has 1 aromatic carbocycles. The number of rotatable bonds is 6. The van der Waals surface area contributed by atoms with Gasteiger partial charge in [0.05, 0.1) is 25.5 Å². The molecule has 0 radical (unpaired) electrons. The van der Waals surface area contributed by atoms with E-state index in [4.69, 9.17) is 9.15 Å². The van der Waals surface area contributed by atoms with E-state index >= 15 is 0 Å². The Balaban J connectivity index is 1.88. The number of amides is 1. The molecule has 0 spiro atoms. The van der Waals surface area contributed by atoms with Gasteiger partial charge in [-0.3, -0.25) is 4.79 Å². The lowest BCUT2D eigenvalue weighted by atomic mass is 10.1. The maximum absolute atomic E-state index is 13.0. The molecule has 0 atom stereocenters. The molecule has 23 heavy (non-hydrogen) atoms. The van der Waals surface area contributed by atoms with Gasteiger partial charge < -0.3 is 14.1 Å². The predicted octanol–water partition coefficient (Wildman–Crippen LogP) is 4.19.